The van der Waals surface area contributed by atoms with Crippen LogP contribution >= 0.6 is 11.3 Å². The van der Waals surface area contributed by atoms with E-state index in [0.717, 1.165) is 0 Å². The smallest absolute Gasteiger partial charge is 0.326 e. The zero-order valence-electron chi connectivity index (χ0n) is 11.9. The maximum atomic E-state index is 13.8. The fourth-order valence-corrected chi connectivity index (χ4v) is 3.32. The van der Waals surface area contributed by atoms with E-state index in [1.807, 2.05) is 0 Å². The monoisotopic (exact) mass is 309 g/mol. The molecule has 0 unspecified atom stereocenters. The van der Waals surface area contributed by atoms with E-state index in [4.69, 9.17) is 5.11 Å². The average molecular weight is 309 g/mol. The van der Waals surface area contributed by atoms with E-state index >= 15 is 0 Å². The first kappa shape index (κ1) is 15.4. The summed E-state index contributed by atoms with van der Waals surface area (Å²) in [6.45, 7) is 5.11. The lowest BCUT2D eigenvalue weighted by Crippen LogP contribution is -2.44. The number of halogens is 1. The molecular formula is C15H16FNO3S. The van der Waals surface area contributed by atoms with Crippen LogP contribution in [0.25, 0.3) is 10.1 Å². The molecule has 2 rings (SSSR count). The van der Waals surface area contributed by atoms with Gasteiger partial charge in [0, 0.05) is 10.1 Å². The lowest BCUT2D eigenvalue weighted by molar-refractivity contribution is -0.140. The maximum Gasteiger partial charge on any atom is 0.326 e. The Kier molecular flexibility index (Phi) is 4.27. The van der Waals surface area contributed by atoms with Gasteiger partial charge in [0.2, 0.25) is 0 Å². The van der Waals surface area contributed by atoms with Crippen LogP contribution in [-0.4, -0.2) is 23.0 Å². The second kappa shape index (κ2) is 5.81. The summed E-state index contributed by atoms with van der Waals surface area (Å²) in [5, 5.41) is 12.0. The molecule has 21 heavy (non-hydrogen) atoms. The van der Waals surface area contributed by atoms with Gasteiger partial charge in [-0.25, -0.2) is 9.18 Å². The quantitative estimate of drug-likeness (QED) is 0.911. The molecule has 0 aliphatic rings. The van der Waals surface area contributed by atoms with Gasteiger partial charge in [0.05, 0.1) is 4.88 Å². The van der Waals surface area contributed by atoms with Gasteiger partial charge in [-0.2, -0.15) is 0 Å². The van der Waals surface area contributed by atoms with Gasteiger partial charge in [-0.15, -0.1) is 11.3 Å². The Morgan fingerprint density at radius 2 is 2.00 bits per heavy atom. The van der Waals surface area contributed by atoms with Gasteiger partial charge >= 0.3 is 5.97 Å². The van der Waals surface area contributed by atoms with Crippen LogP contribution in [0.3, 0.4) is 0 Å². The molecule has 1 aromatic carbocycles. The summed E-state index contributed by atoms with van der Waals surface area (Å²) in [7, 11) is 0. The third-order valence-electron chi connectivity index (χ3n) is 3.33. The van der Waals surface area contributed by atoms with Crippen LogP contribution in [0.2, 0.25) is 0 Å². The van der Waals surface area contributed by atoms with Crippen molar-refractivity contribution in [3.63, 3.8) is 0 Å². The van der Waals surface area contributed by atoms with Crippen molar-refractivity contribution in [1.29, 1.82) is 0 Å². The number of carboxylic acid groups (broad SMARTS) is 1. The molecule has 0 spiro atoms. The Morgan fingerprint density at radius 1 is 1.33 bits per heavy atom. The molecule has 0 bridgehead atoms. The number of aryl methyl sites for hydroxylation is 1. The molecule has 0 aliphatic carbocycles. The summed E-state index contributed by atoms with van der Waals surface area (Å²) in [4.78, 5) is 23.8. The van der Waals surface area contributed by atoms with Crippen LogP contribution in [0.4, 0.5) is 4.39 Å². The highest BCUT2D eigenvalue weighted by molar-refractivity contribution is 7.21. The first-order chi connectivity index (χ1) is 9.82. The summed E-state index contributed by atoms with van der Waals surface area (Å²) in [5.74, 6) is -2.17. The number of rotatable bonds is 4. The largest absolute Gasteiger partial charge is 0.480 e. The van der Waals surface area contributed by atoms with Crippen LogP contribution in [-0.2, 0) is 4.79 Å². The fraction of sp³-hybridized carbons (Fsp3) is 0.333. The topological polar surface area (TPSA) is 66.4 Å². The summed E-state index contributed by atoms with van der Waals surface area (Å²) in [5.41, 5.74) is 0.540. The van der Waals surface area contributed by atoms with Crippen LogP contribution in [0, 0.1) is 18.7 Å². The number of amides is 1. The Balaban J connectivity index is 2.38. The number of hydrogen-bond acceptors (Lipinski definition) is 3. The highest BCUT2D eigenvalue weighted by Crippen LogP contribution is 2.32. The van der Waals surface area contributed by atoms with Crippen molar-refractivity contribution in [2.24, 2.45) is 5.92 Å². The van der Waals surface area contributed by atoms with Crippen LogP contribution < -0.4 is 5.32 Å². The summed E-state index contributed by atoms with van der Waals surface area (Å²) in [6, 6.07) is 3.71. The van der Waals surface area contributed by atoms with Crippen molar-refractivity contribution in [2.75, 3.05) is 0 Å². The molecule has 2 aromatic rings. The van der Waals surface area contributed by atoms with Crippen LogP contribution in [0.1, 0.15) is 29.1 Å². The van der Waals surface area contributed by atoms with E-state index in [9.17, 15) is 14.0 Å². The van der Waals surface area contributed by atoms with Gasteiger partial charge in [0.25, 0.3) is 5.91 Å². The number of carbonyl (C=O) groups is 2. The molecular weight excluding hydrogens is 293 g/mol. The zero-order chi connectivity index (χ0) is 15.7. The zero-order valence-corrected chi connectivity index (χ0v) is 12.8. The highest BCUT2D eigenvalue weighted by atomic mass is 32.1. The van der Waals surface area contributed by atoms with E-state index in [-0.39, 0.29) is 11.7 Å². The van der Waals surface area contributed by atoms with E-state index < -0.39 is 17.9 Å². The van der Waals surface area contributed by atoms with Crippen LogP contribution in [0.15, 0.2) is 18.2 Å². The molecule has 0 fully saturated rings. The van der Waals surface area contributed by atoms with E-state index in [1.54, 1.807) is 32.9 Å². The van der Waals surface area contributed by atoms with Gasteiger partial charge in [-0.05, 0) is 30.5 Å². The molecule has 1 heterocycles. The highest BCUT2D eigenvalue weighted by Gasteiger charge is 2.26. The van der Waals surface area contributed by atoms with Gasteiger partial charge in [0.1, 0.15) is 11.9 Å². The van der Waals surface area contributed by atoms with Crippen molar-refractivity contribution in [1.82, 2.24) is 5.32 Å². The molecule has 1 aromatic heterocycles. The SMILES string of the molecule is Cc1c(C(=O)N[C@@H](C(=O)O)C(C)C)sc2cccc(F)c12. The molecule has 0 saturated carbocycles. The normalized spacial score (nSPS) is 12.6. The number of carbonyl (C=O) groups excluding carboxylic acids is 1. The number of fused-ring (bicyclic) bond motifs is 1. The maximum absolute atomic E-state index is 13.8. The number of benzene rings is 1. The first-order valence-electron chi connectivity index (χ1n) is 6.54. The molecule has 1 amide bonds. The average Bonchev–Trinajstić information content (AvgIpc) is 2.73. The number of aliphatic carboxylic acids is 1. The van der Waals surface area contributed by atoms with E-state index in [0.29, 0.717) is 20.5 Å². The lowest BCUT2D eigenvalue weighted by atomic mass is 10.0. The fourth-order valence-electron chi connectivity index (χ4n) is 2.19. The number of carboxylic acids is 1. The molecule has 0 aliphatic heterocycles. The van der Waals surface area contributed by atoms with Crippen molar-refractivity contribution >= 4 is 33.3 Å². The van der Waals surface area contributed by atoms with E-state index in [2.05, 4.69) is 5.32 Å². The van der Waals surface area contributed by atoms with Gasteiger partial charge < -0.3 is 10.4 Å². The Bertz CT molecular complexity index is 708. The third-order valence-corrected chi connectivity index (χ3v) is 4.58. The second-order valence-corrected chi connectivity index (χ2v) is 6.25. The third kappa shape index (κ3) is 2.90. The summed E-state index contributed by atoms with van der Waals surface area (Å²) < 4.78 is 14.5. The number of thiophene rings is 1. The van der Waals surface area contributed by atoms with Crippen LogP contribution in [0.5, 0.6) is 0 Å². The minimum absolute atomic E-state index is 0.238. The minimum atomic E-state index is -1.08. The number of hydrogen-bond donors (Lipinski definition) is 2. The summed E-state index contributed by atoms with van der Waals surface area (Å²) in [6.07, 6.45) is 0. The van der Waals surface area contributed by atoms with Gasteiger partial charge in [0.15, 0.2) is 0 Å². The Hall–Kier alpha value is -1.95. The lowest BCUT2D eigenvalue weighted by Gasteiger charge is -2.17. The summed E-state index contributed by atoms with van der Waals surface area (Å²) >= 11 is 1.17. The van der Waals surface area contributed by atoms with E-state index in [1.165, 1.54) is 17.4 Å². The van der Waals surface area contributed by atoms with Gasteiger partial charge in [-0.3, -0.25) is 4.79 Å². The second-order valence-electron chi connectivity index (χ2n) is 5.20. The Labute approximate surface area is 125 Å². The molecule has 2 N–H and O–H groups in total. The molecule has 1 atom stereocenters. The minimum Gasteiger partial charge on any atom is -0.480 e. The number of nitrogens with one attached hydrogen (secondary N) is 1. The van der Waals surface area contributed by atoms with Crippen molar-refractivity contribution in [3.05, 3.63) is 34.5 Å². The molecule has 6 heteroatoms. The molecule has 112 valence electrons. The van der Waals surface area contributed by atoms with Gasteiger partial charge in [-0.1, -0.05) is 19.9 Å². The first-order valence-corrected chi connectivity index (χ1v) is 7.35. The molecule has 0 saturated heterocycles. The predicted molar refractivity (Wildman–Crippen MR) is 80.2 cm³/mol. The molecule has 4 nitrogen and oxygen atoms in total. The Morgan fingerprint density at radius 3 is 2.52 bits per heavy atom. The van der Waals surface area contributed by atoms with Crippen molar-refractivity contribution < 1.29 is 19.1 Å². The standard InChI is InChI=1S/C15H16FNO3S/c1-7(2)12(15(19)20)17-14(18)13-8(3)11-9(16)5-4-6-10(11)21-13/h4-7,12H,1-3H3,(H,17,18)(H,19,20)/t12-/m1/s1. The molecule has 0 radical (unpaired) electrons. The van der Waals surface area contributed by atoms with Crippen molar-refractivity contribution in [3.8, 4) is 0 Å². The predicted octanol–water partition coefficient (Wildman–Crippen LogP) is 3.19. The van der Waals surface area contributed by atoms with Crippen molar-refractivity contribution in [2.45, 2.75) is 26.8 Å².